The molecule has 0 saturated heterocycles. The van der Waals surface area contributed by atoms with Gasteiger partial charge in [0.2, 0.25) is 0 Å². The van der Waals surface area contributed by atoms with Gasteiger partial charge in [-0.3, -0.25) is 4.79 Å². The van der Waals surface area contributed by atoms with Crippen molar-refractivity contribution in [2.75, 3.05) is 27.7 Å². The van der Waals surface area contributed by atoms with Crippen molar-refractivity contribution < 1.29 is 23.9 Å². The molecule has 0 aromatic carbocycles. The highest BCUT2D eigenvalue weighted by atomic mass is 16.5. The van der Waals surface area contributed by atoms with Crippen LogP contribution in [0.25, 0.3) is 0 Å². The van der Waals surface area contributed by atoms with E-state index in [1.54, 1.807) is 0 Å². The van der Waals surface area contributed by atoms with Gasteiger partial charge in [-0.15, -0.1) is 0 Å². The van der Waals surface area contributed by atoms with Crippen LogP contribution in [0.3, 0.4) is 0 Å². The number of likely N-dealkylation sites (N-methyl/N-ethyl adjacent to an activating group) is 1. The smallest absolute Gasteiger partial charge is 0.306 e. The summed E-state index contributed by atoms with van der Waals surface area (Å²) in [5.41, 5.74) is 0. The van der Waals surface area contributed by atoms with Crippen LogP contribution < -0.4 is 5.11 Å². The van der Waals surface area contributed by atoms with Gasteiger partial charge in [-0.25, -0.2) is 0 Å². The number of unbranched alkanes of at least 4 members (excludes halogenated alkanes) is 5. The fraction of sp³-hybridized carbons (Fsp3) is 0.789. The molecule has 5 nitrogen and oxygen atoms in total. The molecule has 24 heavy (non-hydrogen) atoms. The van der Waals surface area contributed by atoms with E-state index in [0.717, 1.165) is 19.3 Å². The Morgan fingerprint density at radius 1 is 1.04 bits per heavy atom. The predicted octanol–water partition coefficient (Wildman–Crippen LogP) is 2.44. The average molecular weight is 341 g/mol. The van der Waals surface area contributed by atoms with Crippen LogP contribution in [0.1, 0.15) is 64.7 Å². The first kappa shape index (κ1) is 22.6. The lowest BCUT2D eigenvalue weighted by atomic mass is 10.1. The molecule has 0 saturated carbocycles. The lowest BCUT2D eigenvalue weighted by Crippen LogP contribution is -2.45. The number of esters is 1. The van der Waals surface area contributed by atoms with E-state index in [0.29, 0.717) is 17.4 Å². The van der Waals surface area contributed by atoms with E-state index >= 15 is 0 Å². The maximum atomic E-state index is 11.9. The molecule has 0 radical (unpaired) electrons. The summed E-state index contributed by atoms with van der Waals surface area (Å²) in [4.78, 5) is 22.6. The monoisotopic (exact) mass is 341 g/mol. The van der Waals surface area contributed by atoms with Gasteiger partial charge in [-0.05, 0) is 25.7 Å². The second-order valence-corrected chi connectivity index (χ2v) is 7.37. The van der Waals surface area contributed by atoms with Gasteiger partial charge in [-0.2, -0.15) is 0 Å². The van der Waals surface area contributed by atoms with E-state index in [1.165, 1.54) is 25.7 Å². The molecule has 0 fully saturated rings. The second-order valence-electron chi connectivity index (χ2n) is 7.37. The van der Waals surface area contributed by atoms with E-state index in [1.807, 2.05) is 21.1 Å². The van der Waals surface area contributed by atoms with Gasteiger partial charge >= 0.3 is 5.97 Å². The van der Waals surface area contributed by atoms with Crippen molar-refractivity contribution in [3.8, 4) is 0 Å². The molecule has 5 heteroatoms. The number of carbonyl (C=O) groups excluding carboxylic acids is 2. The first-order chi connectivity index (χ1) is 11.2. The van der Waals surface area contributed by atoms with Gasteiger partial charge in [0.25, 0.3) is 0 Å². The standard InChI is InChI=1S/C19H35NO4/c1-5-6-7-8-9-10-11-12-13-14-19(23)24-17(15-18(21)22)16-20(2,3)4/h10-11,17H,5-9,12-16H2,1-4H3/b11-10-. The maximum absolute atomic E-state index is 11.9. The van der Waals surface area contributed by atoms with Gasteiger partial charge in [0, 0.05) is 18.8 Å². The molecule has 0 aliphatic rings. The Morgan fingerprint density at radius 2 is 1.67 bits per heavy atom. The number of carboxylic acids is 1. The summed E-state index contributed by atoms with van der Waals surface area (Å²) >= 11 is 0. The molecule has 1 unspecified atom stereocenters. The molecule has 0 aromatic heterocycles. The molecule has 0 aliphatic carbocycles. The molecule has 0 heterocycles. The lowest BCUT2D eigenvalue weighted by molar-refractivity contribution is -0.873. The summed E-state index contributed by atoms with van der Waals surface area (Å²) in [6.45, 7) is 2.66. The molecule has 0 N–H and O–H groups in total. The number of allylic oxidation sites excluding steroid dienone is 2. The van der Waals surface area contributed by atoms with Crippen LogP contribution >= 0.6 is 0 Å². The number of aliphatic carboxylic acids is 1. The molecule has 0 aromatic rings. The van der Waals surface area contributed by atoms with Crippen molar-refractivity contribution in [2.45, 2.75) is 70.8 Å². The highest BCUT2D eigenvalue weighted by Gasteiger charge is 2.22. The summed E-state index contributed by atoms with van der Waals surface area (Å²) in [6.07, 6.45) is 11.5. The zero-order valence-corrected chi connectivity index (χ0v) is 15.9. The van der Waals surface area contributed by atoms with Crippen molar-refractivity contribution in [3.63, 3.8) is 0 Å². The van der Waals surface area contributed by atoms with Crippen LogP contribution in [-0.2, 0) is 14.3 Å². The van der Waals surface area contributed by atoms with E-state index in [2.05, 4.69) is 19.1 Å². The number of carbonyl (C=O) groups is 2. The molecule has 140 valence electrons. The Labute approximate surface area is 147 Å². The number of carboxylic acid groups (broad SMARTS) is 1. The highest BCUT2D eigenvalue weighted by molar-refractivity contribution is 5.70. The van der Waals surface area contributed by atoms with Crippen LogP contribution in [0.2, 0.25) is 0 Å². The van der Waals surface area contributed by atoms with E-state index in [-0.39, 0.29) is 12.4 Å². The Hall–Kier alpha value is -1.36. The van der Waals surface area contributed by atoms with Gasteiger partial charge in [-0.1, -0.05) is 38.3 Å². The lowest BCUT2D eigenvalue weighted by Gasteiger charge is -2.29. The maximum Gasteiger partial charge on any atom is 0.306 e. The Balaban J connectivity index is 3.95. The fourth-order valence-corrected chi connectivity index (χ4v) is 2.47. The summed E-state index contributed by atoms with van der Waals surface area (Å²) in [5, 5.41) is 10.8. The third-order valence-electron chi connectivity index (χ3n) is 3.59. The average Bonchev–Trinajstić information content (AvgIpc) is 2.42. The molecule has 0 spiro atoms. The zero-order chi connectivity index (χ0) is 18.4. The van der Waals surface area contributed by atoms with Crippen LogP contribution in [-0.4, -0.2) is 50.2 Å². The van der Waals surface area contributed by atoms with E-state index < -0.39 is 12.1 Å². The molecule has 0 aliphatic heterocycles. The topological polar surface area (TPSA) is 66.4 Å². The number of quaternary nitrogens is 1. The normalized spacial score (nSPS) is 13.2. The summed E-state index contributed by atoms with van der Waals surface area (Å²) < 4.78 is 5.84. The first-order valence-corrected chi connectivity index (χ1v) is 9.09. The summed E-state index contributed by atoms with van der Waals surface area (Å²) in [7, 11) is 5.80. The molecular formula is C19H35NO4. The highest BCUT2D eigenvalue weighted by Crippen LogP contribution is 2.08. The summed E-state index contributed by atoms with van der Waals surface area (Å²) in [5.74, 6) is -1.52. The molecule has 1 atom stereocenters. The van der Waals surface area contributed by atoms with Gasteiger partial charge in [0.05, 0.1) is 21.1 Å². The van der Waals surface area contributed by atoms with Gasteiger partial charge in [0.15, 0.2) is 6.10 Å². The molecule has 0 rings (SSSR count). The number of hydrogen-bond donors (Lipinski definition) is 0. The minimum absolute atomic E-state index is 0.251. The minimum atomic E-state index is -1.19. The Kier molecular flexibility index (Phi) is 12.3. The largest absolute Gasteiger partial charge is 0.550 e. The van der Waals surface area contributed by atoms with Crippen molar-refractivity contribution in [1.82, 2.24) is 0 Å². The van der Waals surface area contributed by atoms with Crippen LogP contribution in [0, 0.1) is 0 Å². The second kappa shape index (κ2) is 13.0. The van der Waals surface area contributed by atoms with E-state index in [4.69, 9.17) is 4.74 Å². The van der Waals surface area contributed by atoms with E-state index in [9.17, 15) is 14.7 Å². The zero-order valence-electron chi connectivity index (χ0n) is 15.9. The quantitative estimate of drug-likeness (QED) is 0.211. The van der Waals surface area contributed by atoms with Crippen LogP contribution in [0.15, 0.2) is 12.2 Å². The minimum Gasteiger partial charge on any atom is -0.550 e. The van der Waals surface area contributed by atoms with Crippen LogP contribution in [0.4, 0.5) is 0 Å². The number of ether oxygens (including phenoxy) is 1. The van der Waals surface area contributed by atoms with Crippen molar-refractivity contribution in [1.29, 1.82) is 0 Å². The predicted molar refractivity (Wildman–Crippen MR) is 94.2 cm³/mol. The Bertz CT molecular complexity index is 385. The van der Waals surface area contributed by atoms with Crippen LogP contribution in [0.5, 0.6) is 0 Å². The first-order valence-electron chi connectivity index (χ1n) is 9.09. The summed E-state index contributed by atoms with van der Waals surface area (Å²) in [6, 6.07) is 0. The molecular weight excluding hydrogens is 306 g/mol. The van der Waals surface area contributed by atoms with Gasteiger partial charge < -0.3 is 19.1 Å². The molecule has 0 bridgehead atoms. The number of hydrogen-bond acceptors (Lipinski definition) is 4. The fourth-order valence-electron chi connectivity index (χ4n) is 2.47. The van der Waals surface area contributed by atoms with Gasteiger partial charge in [0.1, 0.15) is 6.54 Å². The molecule has 0 amide bonds. The Morgan fingerprint density at radius 3 is 2.21 bits per heavy atom. The SMILES string of the molecule is CCCCCC/C=C\CCCC(=O)OC(CC(=O)[O-])C[N+](C)(C)C. The van der Waals surface area contributed by atoms with Crippen molar-refractivity contribution in [2.24, 2.45) is 0 Å². The van der Waals surface area contributed by atoms with Crippen molar-refractivity contribution >= 4 is 11.9 Å². The van der Waals surface area contributed by atoms with Crippen molar-refractivity contribution in [3.05, 3.63) is 12.2 Å². The third-order valence-corrected chi connectivity index (χ3v) is 3.59. The number of rotatable bonds is 14. The third kappa shape index (κ3) is 15.5. The number of nitrogens with zero attached hydrogens (tertiary/aromatic N) is 1.